The minimum atomic E-state index is 0.0511. The summed E-state index contributed by atoms with van der Waals surface area (Å²) >= 11 is 0. The summed E-state index contributed by atoms with van der Waals surface area (Å²) in [6.07, 6.45) is 4.55. The van der Waals surface area contributed by atoms with E-state index in [0.29, 0.717) is 5.82 Å². The summed E-state index contributed by atoms with van der Waals surface area (Å²) in [4.78, 5) is 15.7. The minimum Gasteiger partial charge on any atom is -0.460 e. The number of para-hydroxylation sites is 2. The van der Waals surface area contributed by atoms with Crippen molar-refractivity contribution >= 4 is 28.4 Å². The van der Waals surface area contributed by atoms with Crippen molar-refractivity contribution in [2.75, 3.05) is 0 Å². The molecule has 0 radical (unpaired) electrons. The highest BCUT2D eigenvalue weighted by Gasteiger charge is 2.39. The number of fused-ring (bicyclic) bond motifs is 7. The van der Waals surface area contributed by atoms with Crippen LogP contribution in [-0.4, -0.2) is 15.7 Å². The lowest BCUT2D eigenvalue weighted by Crippen LogP contribution is -2.27. The third-order valence-electron chi connectivity index (χ3n) is 12.5. The van der Waals surface area contributed by atoms with E-state index >= 15 is 0 Å². The van der Waals surface area contributed by atoms with Crippen LogP contribution in [0, 0.1) is 5.92 Å². The van der Waals surface area contributed by atoms with Crippen molar-refractivity contribution in [2.24, 2.45) is 10.9 Å². The molecule has 2 unspecified atom stereocenters. The third kappa shape index (κ3) is 6.70. The summed E-state index contributed by atoms with van der Waals surface area (Å²) in [6.45, 7) is 0. The van der Waals surface area contributed by atoms with Gasteiger partial charge in [0.05, 0.1) is 28.7 Å². The van der Waals surface area contributed by atoms with E-state index in [1.165, 1.54) is 22.3 Å². The number of allylic oxidation sites excluding steroid dienone is 1. The molecule has 0 saturated carbocycles. The van der Waals surface area contributed by atoms with Crippen molar-refractivity contribution < 1.29 is 4.42 Å². The number of nitrogens with zero attached hydrogens (tertiary/aromatic N) is 3. The Bertz CT molecular complexity index is 3280. The summed E-state index contributed by atoms with van der Waals surface area (Å²) in [5.74, 6) is 1.80. The van der Waals surface area contributed by atoms with Gasteiger partial charge in [-0.15, -0.1) is 0 Å². The second-order valence-electron chi connectivity index (χ2n) is 16.3. The first-order chi connectivity index (χ1) is 31.2. The van der Waals surface area contributed by atoms with E-state index in [2.05, 4.69) is 206 Å². The van der Waals surface area contributed by atoms with Crippen molar-refractivity contribution in [1.29, 1.82) is 0 Å². The van der Waals surface area contributed by atoms with Gasteiger partial charge in [0.15, 0.2) is 5.82 Å². The van der Waals surface area contributed by atoms with Crippen LogP contribution in [0.25, 0.3) is 84.3 Å². The average molecular weight is 806 g/mol. The fraction of sp³-hybridized carbons (Fsp3) is 0.0339. The number of aromatic nitrogens is 2. The molecule has 2 atom stereocenters. The molecule has 0 fully saturated rings. The first kappa shape index (κ1) is 36.6. The van der Waals surface area contributed by atoms with Crippen LogP contribution in [0.15, 0.2) is 228 Å². The van der Waals surface area contributed by atoms with E-state index in [1.807, 2.05) is 18.2 Å². The summed E-state index contributed by atoms with van der Waals surface area (Å²) in [5.41, 5.74) is 18.1. The summed E-state index contributed by atoms with van der Waals surface area (Å²) < 4.78 is 6.61. The van der Waals surface area contributed by atoms with Crippen LogP contribution in [-0.2, 0) is 0 Å². The highest BCUT2D eigenvalue weighted by atomic mass is 16.3. The average Bonchev–Trinajstić information content (AvgIpc) is 3.76. The molecule has 3 heterocycles. The molecule has 0 amide bonds. The Morgan fingerprint density at radius 1 is 0.397 bits per heavy atom. The van der Waals surface area contributed by atoms with E-state index < -0.39 is 0 Å². The first-order valence-corrected chi connectivity index (χ1v) is 21.5. The third-order valence-corrected chi connectivity index (χ3v) is 12.5. The molecular weight excluding hydrogens is 767 g/mol. The van der Waals surface area contributed by atoms with Crippen molar-refractivity contribution in [3.05, 3.63) is 241 Å². The van der Waals surface area contributed by atoms with E-state index in [0.717, 1.165) is 84.0 Å². The molecule has 296 valence electrons. The van der Waals surface area contributed by atoms with Crippen LogP contribution in [0.2, 0.25) is 0 Å². The van der Waals surface area contributed by atoms with Gasteiger partial charge < -0.3 is 4.42 Å². The first-order valence-electron chi connectivity index (χ1n) is 21.5. The van der Waals surface area contributed by atoms with Crippen molar-refractivity contribution in [3.8, 4) is 67.3 Å². The molecule has 1 aliphatic heterocycles. The Hall–Kier alpha value is -8.21. The molecule has 2 aromatic heterocycles. The molecule has 0 bridgehead atoms. The zero-order chi connectivity index (χ0) is 41.7. The van der Waals surface area contributed by atoms with Crippen LogP contribution < -0.4 is 0 Å². The largest absolute Gasteiger partial charge is 0.460 e. The monoisotopic (exact) mass is 805 g/mol. The van der Waals surface area contributed by atoms with Crippen molar-refractivity contribution in [2.45, 2.75) is 5.92 Å². The second-order valence-corrected chi connectivity index (χ2v) is 16.3. The van der Waals surface area contributed by atoms with Gasteiger partial charge in [-0.1, -0.05) is 194 Å². The van der Waals surface area contributed by atoms with E-state index in [1.54, 1.807) is 0 Å². The van der Waals surface area contributed by atoms with Gasteiger partial charge in [0.1, 0.15) is 11.3 Å². The zero-order valence-electron chi connectivity index (χ0n) is 34.3. The number of benzene rings is 8. The van der Waals surface area contributed by atoms with Crippen LogP contribution in [0.5, 0.6) is 0 Å². The molecule has 63 heavy (non-hydrogen) atoms. The van der Waals surface area contributed by atoms with Gasteiger partial charge in [-0.3, -0.25) is 4.99 Å². The lowest BCUT2D eigenvalue weighted by Gasteiger charge is -2.33. The Balaban J connectivity index is 0.882. The maximum atomic E-state index is 6.61. The minimum absolute atomic E-state index is 0.0511. The Kier molecular flexibility index (Phi) is 8.93. The SMILES string of the molecule is C1=CC2C(c3ccc(-c4ccc(-c5nc(-c6cccc(-c7ccccc7)c6)cc(-c6cccc(-c7ccccc7)c6)n5)cc4)cc3)=Nc3ccccc3C2c2oc3ccccc3c21. The predicted octanol–water partition coefficient (Wildman–Crippen LogP) is 15.1. The number of aliphatic imine (C=N–C) groups is 1. The Labute approximate surface area is 366 Å². The Morgan fingerprint density at radius 3 is 1.56 bits per heavy atom. The van der Waals surface area contributed by atoms with Gasteiger partial charge in [-0.25, -0.2) is 9.97 Å². The van der Waals surface area contributed by atoms with E-state index in [-0.39, 0.29) is 11.8 Å². The molecule has 4 nitrogen and oxygen atoms in total. The second kappa shape index (κ2) is 15.4. The number of hydrogen-bond acceptors (Lipinski definition) is 4. The maximum Gasteiger partial charge on any atom is 0.160 e. The number of furan rings is 1. The van der Waals surface area contributed by atoms with Crippen LogP contribution in [0.1, 0.15) is 28.4 Å². The van der Waals surface area contributed by atoms with E-state index in [9.17, 15) is 0 Å². The smallest absolute Gasteiger partial charge is 0.160 e. The standard InChI is InChI=1S/C59H39N3O/c1-3-13-38(14-4-1)44-17-11-19-46(35-44)53-37-54(47-20-12-18-45(36-47)39-15-5-2-6-16-39)62-59(61-53)43-31-27-41(28-32-43)40-25-29-42(30-26-40)57-51-34-33-49-48-21-8-10-24-55(48)63-58(49)56(51)50-22-7-9-23-52(50)60-57/h1-37,51,56H. The van der Waals surface area contributed by atoms with E-state index in [4.69, 9.17) is 19.4 Å². The van der Waals surface area contributed by atoms with Gasteiger partial charge in [-0.2, -0.15) is 0 Å². The predicted molar refractivity (Wildman–Crippen MR) is 258 cm³/mol. The molecule has 2 aliphatic rings. The lowest BCUT2D eigenvalue weighted by atomic mass is 9.73. The summed E-state index contributed by atoms with van der Waals surface area (Å²) in [5, 5.41) is 1.15. The van der Waals surface area contributed by atoms with Crippen LogP contribution in [0.3, 0.4) is 0 Å². The molecular formula is C59H39N3O. The molecule has 0 N–H and O–H groups in total. The van der Waals surface area contributed by atoms with Gasteiger partial charge in [0.25, 0.3) is 0 Å². The topological polar surface area (TPSA) is 51.3 Å². The maximum absolute atomic E-state index is 6.61. The number of rotatable bonds is 7. The molecule has 12 rings (SSSR count). The fourth-order valence-electron chi connectivity index (χ4n) is 9.35. The van der Waals surface area contributed by atoms with Crippen molar-refractivity contribution in [1.82, 2.24) is 9.97 Å². The Morgan fingerprint density at radius 2 is 0.905 bits per heavy atom. The molecule has 8 aromatic carbocycles. The zero-order valence-corrected chi connectivity index (χ0v) is 34.3. The lowest BCUT2D eigenvalue weighted by molar-refractivity contribution is 0.493. The quantitative estimate of drug-likeness (QED) is 0.161. The van der Waals surface area contributed by atoms with Crippen LogP contribution in [0.4, 0.5) is 5.69 Å². The van der Waals surface area contributed by atoms with Gasteiger partial charge in [0, 0.05) is 33.6 Å². The molecule has 0 saturated heterocycles. The summed E-state index contributed by atoms with van der Waals surface area (Å²) in [7, 11) is 0. The normalized spacial score (nSPS) is 15.0. The highest BCUT2D eigenvalue weighted by molar-refractivity contribution is 6.08. The molecule has 0 spiro atoms. The van der Waals surface area contributed by atoms with Crippen LogP contribution >= 0.6 is 0 Å². The van der Waals surface area contributed by atoms with Gasteiger partial charge in [-0.05, 0) is 74.8 Å². The fourth-order valence-corrected chi connectivity index (χ4v) is 9.35. The highest BCUT2D eigenvalue weighted by Crippen LogP contribution is 2.50. The number of hydrogen-bond donors (Lipinski definition) is 0. The van der Waals surface area contributed by atoms with Gasteiger partial charge in [0.2, 0.25) is 0 Å². The summed E-state index contributed by atoms with van der Waals surface area (Å²) in [6, 6.07) is 74.6. The van der Waals surface area contributed by atoms with Gasteiger partial charge >= 0.3 is 0 Å². The molecule has 1 aliphatic carbocycles. The molecule has 10 aromatic rings. The van der Waals surface area contributed by atoms with Crippen molar-refractivity contribution in [3.63, 3.8) is 0 Å². The molecule has 4 heteroatoms.